The fraction of sp³-hybridized carbons (Fsp3) is 0.318. The number of hydrogen-bond donors (Lipinski definition) is 0. The number of nitrogens with zero attached hydrogens (tertiary/aromatic N) is 4. The maximum absolute atomic E-state index is 12.8. The smallest absolute Gasteiger partial charge is 0.370 e. The molecule has 30 heavy (non-hydrogen) atoms. The summed E-state index contributed by atoms with van der Waals surface area (Å²) in [5.74, 6) is 1.32. The van der Waals surface area contributed by atoms with E-state index in [0.717, 1.165) is 30.1 Å². The van der Waals surface area contributed by atoms with Crippen molar-refractivity contribution in [2.24, 2.45) is 0 Å². The quantitative estimate of drug-likeness (QED) is 0.620. The fourth-order valence-corrected chi connectivity index (χ4v) is 3.38. The Hall–Kier alpha value is -3.00. The predicted octanol–water partition coefficient (Wildman–Crippen LogP) is 4.70. The summed E-state index contributed by atoms with van der Waals surface area (Å²) >= 11 is 0. The number of halogens is 3. The molecule has 1 atom stereocenters. The number of ether oxygens (including phenoxy) is 1. The molecule has 0 aliphatic carbocycles. The van der Waals surface area contributed by atoms with E-state index in [-0.39, 0.29) is 6.10 Å². The summed E-state index contributed by atoms with van der Waals surface area (Å²) in [5.41, 5.74) is 1.64. The van der Waals surface area contributed by atoms with Crippen LogP contribution in [0.3, 0.4) is 0 Å². The third-order valence-corrected chi connectivity index (χ3v) is 5.02. The molecular weight excluding hydrogens is 393 g/mol. The molecule has 4 rings (SSSR count). The Bertz CT molecular complexity index is 994. The standard InChI is InChI=1S/C22H21F3N4O/c1-2-17-13-20(28-21(27-17)18-5-3-4-10-26-18)29-11-12-30-19(14-29)15-6-8-16(9-7-15)22(23,24)25/h3-10,13,19H,2,11-12,14H2,1H3. The lowest BCUT2D eigenvalue weighted by Gasteiger charge is -2.34. The maximum Gasteiger partial charge on any atom is 0.416 e. The van der Waals surface area contributed by atoms with E-state index in [2.05, 4.69) is 14.9 Å². The van der Waals surface area contributed by atoms with Gasteiger partial charge in [-0.2, -0.15) is 13.2 Å². The zero-order valence-electron chi connectivity index (χ0n) is 16.4. The summed E-state index contributed by atoms with van der Waals surface area (Å²) in [6, 6.07) is 12.7. The summed E-state index contributed by atoms with van der Waals surface area (Å²) in [5, 5.41) is 0. The van der Waals surface area contributed by atoms with Gasteiger partial charge in [-0.3, -0.25) is 4.98 Å². The lowest BCUT2D eigenvalue weighted by molar-refractivity contribution is -0.137. The number of morpholine rings is 1. The summed E-state index contributed by atoms with van der Waals surface area (Å²) in [6.45, 7) is 3.61. The third-order valence-electron chi connectivity index (χ3n) is 5.02. The molecule has 1 aromatic carbocycles. The van der Waals surface area contributed by atoms with Crippen LogP contribution in [0, 0.1) is 0 Å². The molecule has 0 spiro atoms. The van der Waals surface area contributed by atoms with E-state index in [1.54, 1.807) is 6.20 Å². The maximum atomic E-state index is 12.8. The molecule has 3 heterocycles. The number of aromatic nitrogens is 3. The van der Waals surface area contributed by atoms with Gasteiger partial charge in [-0.05, 0) is 36.2 Å². The Labute approximate surface area is 172 Å². The van der Waals surface area contributed by atoms with E-state index < -0.39 is 11.7 Å². The summed E-state index contributed by atoms with van der Waals surface area (Å²) in [4.78, 5) is 15.7. The average molecular weight is 414 g/mol. The number of hydrogen-bond acceptors (Lipinski definition) is 5. The highest BCUT2D eigenvalue weighted by atomic mass is 19.4. The molecule has 0 amide bonds. The highest BCUT2D eigenvalue weighted by Gasteiger charge is 2.31. The van der Waals surface area contributed by atoms with Gasteiger partial charge in [0.1, 0.15) is 17.6 Å². The van der Waals surface area contributed by atoms with Crippen LogP contribution in [-0.4, -0.2) is 34.6 Å². The normalized spacial score (nSPS) is 17.2. The number of alkyl halides is 3. The van der Waals surface area contributed by atoms with Gasteiger partial charge in [-0.15, -0.1) is 0 Å². The van der Waals surface area contributed by atoms with Crippen LogP contribution >= 0.6 is 0 Å². The Balaban J connectivity index is 1.59. The average Bonchev–Trinajstić information content (AvgIpc) is 2.79. The molecule has 5 nitrogen and oxygen atoms in total. The Morgan fingerprint density at radius 1 is 1.10 bits per heavy atom. The first kappa shape index (κ1) is 20.3. The van der Waals surface area contributed by atoms with Gasteiger partial charge in [-0.25, -0.2) is 9.97 Å². The van der Waals surface area contributed by atoms with Crippen molar-refractivity contribution in [2.75, 3.05) is 24.6 Å². The second kappa shape index (κ2) is 8.39. The molecule has 156 valence electrons. The van der Waals surface area contributed by atoms with Gasteiger partial charge in [0.25, 0.3) is 0 Å². The van der Waals surface area contributed by atoms with Crippen molar-refractivity contribution >= 4 is 5.82 Å². The monoisotopic (exact) mass is 414 g/mol. The van der Waals surface area contributed by atoms with E-state index >= 15 is 0 Å². The minimum atomic E-state index is -4.35. The van der Waals surface area contributed by atoms with Gasteiger partial charge in [0.2, 0.25) is 0 Å². The van der Waals surface area contributed by atoms with Crippen LogP contribution in [0.5, 0.6) is 0 Å². The molecule has 8 heteroatoms. The first-order valence-electron chi connectivity index (χ1n) is 9.77. The van der Waals surface area contributed by atoms with Gasteiger partial charge < -0.3 is 9.64 Å². The summed E-state index contributed by atoms with van der Waals surface area (Å²) in [6.07, 6.45) is -2.23. The van der Waals surface area contributed by atoms with Crippen molar-refractivity contribution in [1.82, 2.24) is 15.0 Å². The van der Waals surface area contributed by atoms with Crippen molar-refractivity contribution in [1.29, 1.82) is 0 Å². The van der Waals surface area contributed by atoms with Crippen molar-refractivity contribution in [3.05, 3.63) is 71.5 Å². The molecule has 2 aromatic heterocycles. The molecule has 1 fully saturated rings. The SMILES string of the molecule is CCc1cc(N2CCOC(c3ccc(C(F)(F)F)cc3)C2)nc(-c2ccccn2)n1. The van der Waals surface area contributed by atoms with Gasteiger partial charge in [0, 0.05) is 31.0 Å². The molecule has 1 saturated heterocycles. The van der Waals surface area contributed by atoms with Gasteiger partial charge in [0.15, 0.2) is 5.82 Å². The molecular formula is C22H21F3N4O. The molecule has 0 bridgehead atoms. The number of pyridine rings is 1. The lowest BCUT2D eigenvalue weighted by atomic mass is 10.1. The number of rotatable bonds is 4. The van der Waals surface area contributed by atoms with Crippen molar-refractivity contribution in [2.45, 2.75) is 25.6 Å². The highest BCUT2D eigenvalue weighted by molar-refractivity contribution is 5.54. The first-order valence-corrected chi connectivity index (χ1v) is 9.77. The van der Waals surface area contributed by atoms with E-state index in [1.807, 2.05) is 31.2 Å². The Kier molecular flexibility index (Phi) is 5.67. The van der Waals surface area contributed by atoms with Crippen molar-refractivity contribution in [3.63, 3.8) is 0 Å². The number of benzene rings is 1. The van der Waals surface area contributed by atoms with E-state index in [9.17, 15) is 13.2 Å². The first-order chi connectivity index (χ1) is 14.4. The summed E-state index contributed by atoms with van der Waals surface area (Å²) in [7, 11) is 0. The molecule has 0 saturated carbocycles. The zero-order valence-corrected chi connectivity index (χ0v) is 16.4. The third kappa shape index (κ3) is 4.43. The van der Waals surface area contributed by atoms with Crippen LogP contribution in [0.15, 0.2) is 54.7 Å². The molecule has 0 radical (unpaired) electrons. The van der Waals surface area contributed by atoms with Gasteiger partial charge >= 0.3 is 6.18 Å². The number of aryl methyl sites for hydroxylation is 1. The van der Waals surface area contributed by atoms with Crippen molar-refractivity contribution < 1.29 is 17.9 Å². The Morgan fingerprint density at radius 2 is 1.90 bits per heavy atom. The molecule has 0 N–H and O–H groups in total. The lowest BCUT2D eigenvalue weighted by Crippen LogP contribution is -2.39. The summed E-state index contributed by atoms with van der Waals surface area (Å²) < 4.78 is 44.3. The second-order valence-electron chi connectivity index (χ2n) is 7.03. The number of anilines is 1. The largest absolute Gasteiger partial charge is 0.416 e. The molecule has 1 aliphatic rings. The van der Waals surface area contributed by atoms with Gasteiger partial charge in [0.05, 0.1) is 12.2 Å². The van der Waals surface area contributed by atoms with E-state index in [1.165, 1.54) is 12.1 Å². The Morgan fingerprint density at radius 3 is 2.57 bits per heavy atom. The predicted molar refractivity (Wildman–Crippen MR) is 107 cm³/mol. The van der Waals surface area contributed by atoms with E-state index in [0.29, 0.717) is 36.8 Å². The van der Waals surface area contributed by atoms with Crippen LogP contribution in [0.4, 0.5) is 19.0 Å². The van der Waals surface area contributed by atoms with Crippen LogP contribution < -0.4 is 4.90 Å². The van der Waals surface area contributed by atoms with Crippen LogP contribution in [-0.2, 0) is 17.3 Å². The van der Waals surface area contributed by atoms with Crippen LogP contribution in [0.2, 0.25) is 0 Å². The topological polar surface area (TPSA) is 51.1 Å². The highest BCUT2D eigenvalue weighted by Crippen LogP contribution is 2.32. The molecule has 1 unspecified atom stereocenters. The fourth-order valence-electron chi connectivity index (χ4n) is 3.38. The minimum absolute atomic E-state index is 0.334. The second-order valence-corrected chi connectivity index (χ2v) is 7.03. The molecule has 3 aromatic rings. The van der Waals surface area contributed by atoms with Crippen molar-refractivity contribution in [3.8, 4) is 11.5 Å². The van der Waals surface area contributed by atoms with Crippen LogP contribution in [0.1, 0.15) is 29.8 Å². The van der Waals surface area contributed by atoms with E-state index in [4.69, 9.17) is 9.72 Å². The minimum Gasteiger partial charge on any atom is -0.370 e. The van der Waals surface area contributed by atoms with Gasteiger partial charge in [-0.1, -0.05) is 25.1 Å². The van der Waals surface area contributed by atoms with Crippen LogP contribution in [0.25, 0.3) is 11.5 Å². The molecule has 1 aliphatic heterocycles. The zero-order chi connectivity index (χ0) is 21.1.